The predicted molar refractivity (Wildman–Crippen MR) is 119 cm³/mol. The summed E-state index contributed by atoms with van der Waals surface area (Å²) in [5, 5.41) is 0.698. The van der Waals surface area contributed by atoms with E-state index in [1.807, 2.05) is 0 Å². The molecule has 1 aliphatic heterocycles. The van der Waals surface area contributed by atoms with Crippen molar-refractivity contribution in [3.63, 3.8) is 0 Å². The van der Waals surface area contributed by atoms with Crippen molar-refractivity contribution in [2.75, 3.05) is 6.54 Å². The van der Waals surface area contributed by atoms with Gasteiger partial charge in [-0.3, -0.25) is 4.79 Å². The highest BCUT2D eigenvalue weighted by atomic mass is 35.5. The minimum Gasteiger partial charge on any atom is -0.406 e. The number of carbonyl (C=O) groups excluding carboxylic acids is 1. The first-order valence-electron chi connectivity index (χ1n) is 10.9. The standard InChI is InChI=1S/C24H22Cl2F5NO2/c25-20-12-16(14-1-3-18(4-2-14)34-24(29,30)31)13-21(26)19(20)11-15-7-10-32(22(15)33)17-5-8-23(27,28)9-6-17/h1-4,12-13,15,17H,5-11H2/t15-/m0/s1. The number of hydrogen-bond acceptors (Lipinski definition) is 2. The Morgan fingerprint density at radius 2 is 1.56 bits per heavy atom. The molecule has 0 aromatic heterocycles. The van der Waals surface area contributed by atoms with Gasteiger partial charge in [-0.15, -0.1) is 13.2 Å². The SMILES string of the molecule is O=C1[C@H](Cc2c(Cl)cc(-c3ccc(OC(F)(F)F)cc3)cc2Cl)CCN1C1CCC(F)(F)CC1. The van der Waals surface area contributed by atoms with Gasteiger partial charge in [0.2, 0.25) is 11.8 Å². The molecule has 2 fully saturated rings. The van der Waals surface area contributed by atoms with E-state index in [0.29, 0.717) is 59.0 Å². The third-order valence-corrected chi connectivity index (χ3v) is 7.17. The van der Waals surface area contributed by atoms with Crippen molar-refractivity contribution >= 4 is 29.1 Å². The van der Waals surface area contributed by atoms with Gasteiger partial charge in [-0.05, 0) is 66.6 Å². The fourth-order valence-corrected chi connectivity index (χ4v) is 5.35. The Bertz CT molecular complexity index is 1030. The lowest BCUT2D eigenvalue weighted by Gasteiger charge is -2.34. The first-order chi connectivity index (χ1) is 15.9. The number of hydrogen-bond donors (Lipinski definition) is 0. The van der Waals surface area contributed by atoms with Gasteiger partial charge >= 0.3 is 6.36 Å². The summed E-state index contributed by atoms with van der Waals surface area (Å²) in [7, 11) is 0. The van der Waals surface area contributed by atoms with Crippen molar-refractivity contribution in [1.29, 1.82) is 0 Å². The van der Waals surface area contributed by atoms with Crippen molar-refractivity contribution in [2.45, 2.75) is 56.9 Å². The summed E-state index contributed by atoms with van der Waals surface area (Å²) in [4.78, 5) is 14.7. The van der Waals surface area contributed by atoms with E-state index in [-0.39, 0.29) is 36.5 Å². The number of halogens is 7. The average molecular weight is 522 g/mol. The highest BCUT2D eigenvalue weighted by Crippen LogP contribution is 2.39. The summed E-state index contributed by atoms with van der Waals surface area (Å²) in [5.74, 6) is -3.38. The van der Waals surface area contributed by atoms with Crippen LogP contribution < -0.4 is 4.74 Å². The molecule has 0 spiro atoms. The van der Waals surface area contributed by atoms with E-state index in [9.17, 15) is 26.7 Å². The molecule has 1 heterocycles. The number of amides is 1. The molecule has 0 bridgehead atoms. The van der Waals surface area contributed by atoms with Crippen LogP contribution in [0.2, 0.25) is 10.0 Å². The maximum absolute atomic E-state index is 13.5. The van der Waals surface area contributed by atoms with Crippen molar-refractivity contribution < 1.29 is 31.5 Å². The van der Waals surface area contributed by atoms with Crippen LogP contribution in [0.4, 0.5) is 22.0 Å². The number of carbonyl (C=O) groups is 1. The van der Waals surface area contributed by atoms with E-state index in [4.69, 9.17) is 23.2 Å². The smallest absolute Gasteiger partial charge is 0.406 e. The van der Waals surface area contributed by atoms with Crippen LogP contribution in [0, 0.1) is 5.92 Å². The maximum Gasteiger partial charge on any atom is 0.573 e. The average Bonchev–Trinajstić information content (AvgIpc) is 3.10. The zero-order chi connectivity index (χ0) is 24.7. The van der Waals surface area contributed by atoms with Crippen LogP contribution in [-0.4, -0.2) is 35.7 Å². The van der Waals surface area contributed by atoms with E-state index in [1.165, 1.54) is 24.3 Å². The summed E-state index contributed by atoms with van der Waals surface area (Å²) in [6.07, 6.45) is -3.65. The summed E-state index contributed by atoms with van der Waals surface area (Å²) in [6.45, 7) is 0.527. The molecule has 2 aliphatic rings. The van der Waals surface area contributed by atoms with Gasteiger partial charge in [0, 0.05) is 41.4 Å². The molecule has 34 heavy (non-hydrogen) atoms. The zero-order valence-electron chi connectivity index (χ0n) is 18.0. The first-order valence-corrected chi connectivity index (χ1v) is 11.7. The zero-order valence-corrected chi connectivity index (χ0v) is 19.5. The summed E-state index contributed by atoms with van der Waals surface area (Å²) < 4.78 is 67.9. The first kappa shape index (κ1) is 25.0. The number of nitrogens with zero attached hydrogens (tertiary/aromatic N) is 1. The fraction of sp³-hybridized carbons (Fsp3) is 0.458. The number of alkyl halides is 5. The van der Waals surface area contributed by atoms with Crippen LogP contribution in [0.3, 0.4) is 0 Å². The maximum atomic E-state index is 13.5. The Hall–Kier alpha value is -2.06. The molecule has 2 aromatic carbocycles. The third-order valence-electron chi connectivity index (χ3n) is 6.49. The van der Waals surface area contributed by atoms with Gasteiger partial charge < -0.3 is 9.64 Å². The van der Waals surface area contributed by atoms with Crippen LogP contribution in [-0.2, 0) is 11.2 Å². The monoisotopic (exact) mass is 521 g/mol. The van der Waals surface area contributed by atoms with E-state index in [0.717, 1.165) is 0 Å². The molecule has 2 aromatic rings. The molecule has 1 saturated carbocycles. The highest BCUT2D eigenvalue weighted by molar-refractivity contribution is 6.36. The van der Waals surface area contributed by atoms with Gasteiger partial charge in [-0.1, -0.05) is 35.3 Å². The van der Waals surface area contributed by atoms with Gasteiger partial charge in [-0.25, -0.2) is 8.78 Å². The molecular formula is C24H22Cl2F5NO2. The number of benzene rings is 2. The van der Waals surface area contributed by atoms with Gasteiger partial charge in [0.05, 0.1) is 0 Å². The summed E-state index contributed by atoms with van der Waals surface area (Å²) in [6, 6.07) is 8.49. The topological polar surface area (TPSA) is 29.5 Å². The Labute approximate surface area is 203 Å². The van der Waals surface area contributed by atoms with E-state index in [1.54, 1.807) is 17.0 Å². The molecule has 4 rings (SSSR count). The second kappa shape index (κ2) is 9.53. The number of ether oxygens (including phenoxy) is 1. The van der Waals surface area contributed by atoms with Gasteiger partial charge in [0.1, 0.15) is 5.75 Å². The molecule has 1 saturated heterocycles. The van der Waals surface area contributed by atoms with Crippen molar-refractivity contribution in [1.82, 2.24) is 4.90 Å². The van der Waals surface area contributed by atoms with E-state index >= 15 is 0 Å². The molecule has 0 unspecified atom stereocenters. The normalized spacial score (nSPS) is 21.2. The summed E-state index contributed by atoms with van der Waals surface area (Å²) >= 11 is 13.0. The second-order valence-electron chi connectivity index (χ2n) is 8.80. The molecule has 1 atom stereocenters. The minimum atomic E-state index is -4.77. The molecule has 1 amide bonds. The van der Waals surface area contributed by atoms with Crippen LogP contribution in [0.15, 0.2) is 36.4 Å². The van der Waals surface area contributed by atoms with Gasteiger partial charge in [0.25, 0.3) is 0 Å². The lowest BCUT2D eigenvalue weighted by Crippen LogP contribution is -2.42. The predicted octanol–water partition coefficient (Wildman–Crippen LogP) is 7.53. The highest BCUT2D eigenvalue weighted by Gasteiger charge is 2.42. The van der Waals surface area contributed by atoms with Crippen LogP contribution in [0.1, 0.15) is 37.7 Å². The molecule has 184 valence electrons. The number of likely N-dealkylation sites (tertiary alicyclic amines) is 1. The molecule has 0 N–H and O–H groups in total. The Morgan fingerprint density at radius 3 is 2.12 bits per heavy atom. The van der Waals surface area contributed by atoms with Gasteiger partial charge in [-0.2, -0.15) is 0 Å². The largest absolute Gasteiger partial charge is 0.573 e. The van der Waals surface area contributed by atoms with E-state index in [2.05, 4.69) is 4.74 Å². The quantitative estimate of drug-likeness (QED) is 0.380. The Kier molecular flexibility index (Phi) is 7.02. The molecule has 10 heteroatoms. The molecule has 1 aliphatic carbocycles. The Balaban J connectivity index is 1.44. The minimum absolute atomic E-state index is 0.0633. The Morgan fingerprint density at radius 1 is 0.971 bits per heavy atom. The third kappa shape index (κ3) is 5.77. The van der Waals surface area contributed by atoms with Crippen LogP contribution in [0.25, 0.3) is 11.1 Å². The molecular weight excluding hydrogens is 500 g/mol. The number of rotatable bonds is 5. The van der Waals surface area contributed by atoms with Crippen LogP contribution >= 0.6 is 23.2 Å². The molecule has 3 nitrogen and oxygen atoms in total. The lowest BCUT2D eigenvalue weighted by atomic mass is 9.91. The van der Waals surface area contributed by atoms with Crippen molar-refractivity contribution in [3.05, 3.63) is 52.0 Å². The summed E-state index contributed by atoms with van der Waals surface area (Å²) in [5.41, 5.74) is 1.82. The van der Waals surface area contributed by atoms with Crippen molar-refractivity contribution in [3.8, 4) is 16.9 Å². The van der Waals surface area contributed by atoms with Crippen molar-refractivity contribution in [2.24, 2.45) is 5.92 Å². The second-order valence-corrected chi connectivity index (χ2v) is 9.61. The van der Waals surface area contributed by atoms with E-state index < -0.39 is 12.3 Å². The van der Waals surface area contributed by atoms with Crippen LogP contribution in [0.5, 0.6) is 5.75 Å². The fourth-order valence-electron chi connectivity index (χ4n) is 4.71. The lowest BCUT2D eigenvalue weighted by molar-refractivity contribution is -0.274. The molecule has 0 radical (unpaired) electrons. The van der Waals surface area contributed by atoms with Gasteiger partial charge in [0.15, 0.2) is 0 Å².